The fraction of sp³-hybridized carbons (Fsp3) is 0.517. The maximum absolute atomic E-state index is 13.1. The Morgan fingerprint density at radius 2 is 1.61 bits per heavy atom. The van der Waals surface area contributed by atoms with E-state index in [1.54, 1.807) is 21.1 Å². The molecule has 7 nitrogen and oxygen atoms in total. The molecule has 1 aliphatic rings. The smallest absolute Gasteiger partial charge is 0.251 e. The minimum atomic E-state index is -0.149. The van der Waals surface area contributed by atoms with Gasteiger partial charge in [0.2, 0.25) is 5.91 Å². The third-order valence-electron chi connectivity index (χ3n) is 6.84. The largest absolute Gasteiger partial charge is 0.493 e. The molecule has 0 spiro atoms. The Morgan fingerprint density at radius 3 is 2.28 bits per heavy atom. The summed E-state index contributed by atoms with van der Waals surface area (Å²) in [6, 6.07) is 11.7. The van der Waals surface area contributed by atoms with Crippen LogP contribution in [0.15, 0.2) is 36.4 Å². The summed E-state index contributed by atoms with van der Waals surface area (Å²) in [5, 5.41) is 3.02. The average molecular weight is 496 g/mol. The van der Waals surface area contributed by atoms with Crippen molar-refractivity contribution in [3.8, 4) is 11.5 Å². The zero-order valence-corrected chi connectivity index (χ0v) is 22.4. The van der Waals surface area contributed by atoms with Crippen molar-refractivity contribution in [3.05, 3.63) is 53.1 Å². The molecule has 196 valence electrons. The van der Waals surface area contributed by atoms with Crippen molar-refractivity contribution in [2.24, 2.45) is 0 Å². The van der Waals surface area contributed by atoms with Crippen molar-refractivity contribution < 1.29 is 19.1 Å². The molecule has 2 amide bonds. The third kappa shape index (κ3) is 7.23. The number of carbonyl (C=O) groups excluding carboxylic acids is 2. The maximum Gasteiger partial charge on any atom is 0.251 e. The van der Waals surface area contributed by atoms with Crippen LogP contribution < -0.4 is 19.7 Å². The van der Waals surface area contributed by atoms with E-state index in [0.717, 1.165) is 42.6 Å². The zero-order chi connectivity index (χ0) is 26.1. The first kappa shape index (κ1) is 27.5. The number of rotatable bonds is 6. The minimum Gasteiger partial charge on any atom is -0.493 e. The van der Waals surface area contributed by atoms with Crippen molar-refractivity contribution >= 4 is 17.5 Å². The average Bonchev–Trinajstić information content (AvgIpc) is 2.86. The lowest BCUT2D eigenvalue weighted by molar-refractivity contribution is -0.116. The summed E-state index contributed by atoms with van der Waals surface area (Å²) in [5.74, 6) is 1.17. The molecule has 3 rings (SSSR count). The summed E-state index contributed by atoms with van der Waals surface area (Å²) >= 11 is 0. The first-order valence-electron chi connectivity index (χ1n) is 13.0. The van der Waals surface area contributed by atoms with Crippen LogP contribution in [-0.4, -0.2) is 50.1 Å². The van der Waals surface area contributed by atoms with Crippen LogP contribution in [0, 0.1) is 0 Å². The Bertz CT molecular complexity index is 1040. The number of fused-ring (bicyclic) bond motifs is 1. The van der Waals surface area contributed by atoms with Crippen LogP contribution in [0.4, 0.5) is 5.69 Å². The van der Waals surface area contributed by atoms with E-state index in [9.17, 15) is 9.59 Å². The van der Waals surface area contributed by atoms with Crippen LogP contribution in [0.25, 0.3) is 0 Å². The molecule has 0 fully saturated rings. The summed E-state index contributed by atoms with van der Waals surface area (Å²) in [6.45, 7) is 8.81. The predicted molar refractivity (Wildman–Crippen MR) is 144 cm³/mol. The number of ether oxygens (including phenoxy) is 2. The van der Waals surface area contributed by atoms with E-state index in [1.807, 2.05) is 41.3 Å². The highest BCUT2D eigenvalue weighted by atomic mass is 16.5. The van der Waals surface area contributed by atoms with Crippen LogP contribution in [0.3, 0.4) is 0 Å². The third-order valence-corrected chi connectivity index (χ3v) is 6.84. The number of methoxy groups -OCH3 is 2. The van der Waals surface area contributed by atoms with E-state index in [-0.39, 0.29) is 11.8 Å². The first-order chi connectivity index (χ1) is 17.3. The van der Waals surface area contributed by atoms with Gasteiger partial charge in [0.15, 0.2) is 11.5 Å². The molecule has 7 heteroatoms. The second-order valence-corrected chi connectivity index (χ2v) is 9.72. The highest BCUT2D eigenvalue weighted by Gasteiger charge is 2.21. The highest BCUT2D eigenvalue weighted by Crippen LogP contribution is 2.28. The fourth-order valence-electron chi connectivity index (χ4n) is 4.69. The predicted octanol–water partition coefficient (Wildman–Crippen LogP) is 5.16. The molecule has 2 aromatic carbocycles. The Morgan fingerprint density at radius 1 is 0.917 bits per heavy atom. The highest BCUT2D eigenvalue weighted by molar-refractivity contribution is 5.97. The normalized spacial score (nSPS) is 15.4. The monoisotopic (exact) mass is 495 g/mol. The number of carbonyl (C=O) groups is 2. The van der Waals surface area contributed by atoms with Gasteiger partial charge in [-0.3, -0.25) is 14.5 Å². The SMILES string of the molecule is COc1ccc(CNC(=O)c2ccc3c(c2)CN(C(C)C)CCCCCCCN3C(C)=O)cc1OC. The zero-order valence-electron chi connectivity index (χ0n) is 22.4. The fourth-order valence-corrected chi connectivity index (χ4v) is 4.69. The van der Waals surface area contributed by atoms with Gasteiger partial charge in [-0.15, -0.1) is 0 Å². The van der Waals surface area contributed by atoms with E-state index in [1.165, 1.54) is 12.8 Å². The molecule has 0 atom stereocenters. The molecule has 0 aromatic heterocycles. The Labute approximate surface area is 215 Å². The second kappa shape index (κ2) is 13.3. The summed E-state index contributed by atoms with van der Waals surface area (Å²) in [4.78, 5) is 30.0. The van der Waals surface area contributed by atoms with Gasteiger partial charge in [0.1, 0.15) is 0 Å². The summed E-state index contributed by atoms with van der Waals surface area (Å²) in [5.41, 5.74) is 3.43. The van der Waals surface area contributed by atoms with Gasteiger partial charge in [0.25, 0.3) is 5.91 Å². The van der Waals surface area contributed by atoms with Crippen molar-refractivity contribution in [2.45, 2.75) is 72.0 Å². The summed E-state index contributed by atoms with van der Waals surface area (Å²) in [6.07, 6.45) is 5.67. The molecule has 0 saturated carbocycles. The van der Waals surface area contributed by atoms with Gasteiger partial charge < -0.3 is 19.7 Å². The number of amides is 2. The lowest BCUT2D eigenvalue weighted by Crippen LogP contribution is -2.35. The van der Waals surface area contributed by atoms with E-state index in [0.29, 0.717) is 42.7 Å². The van der Waals surface area contributed by atoms with Crippen molar-refractivity contribution in [2.75, 3.05) is 32.2 Å². The number of hydrogen-bond donors (Lipinski definition) is 1. The van der Waals surface area contributed by atoms with E-state index < -0.39 is 0 Å². The molecule has 2 aromatic rings. The van der Waals surface area contributed by atoms with Crippen molar-refractivity contribution in [3.63, 3.8) is 0 Å². The van der Waals surface area contributed by atoms with Gasteiger partial charge in [0, 0.05) is 43.9 Å². The lowest BCUT2D eigenvalue weighted by Gasteiger charge is -2.31. The number of nitrogens with one attached hydrogen (secondary N) is 1. The number of anilines is 1. The molecule has 0 unspecified atom stereocenters. The van der Waals surface area contributed by atoms with Crippen LogP contribution in [0.1, 0.15) is 74.4 Å². The topological polar surface area (TPSA) is 71.1 Å². The van der Waals surface area contributed by atoms with Gasteiger partial charge in [-0.1, -0.05) is 25.3 Å². The minimum absolute atomic E-state index is 0.0371. The molecule has 1 aliphatic heterocycles. The molecular formula is C29H41N3O4. The number of benzene rings is 2. The van der Waals surface area contributed by atoms with Crippen molar-refractivity contribution in [1.29, 1.82) is 0 Å². The van der Waals surface area contributed by atoms with Crippen LogP contribution >= 0.6 is 0 Å². The molecule has 0 aliphatic carbocycles. The first-order valence-corrected chi connectivity index (χ1v) is 13.0. The molecule has 0 radical (unpaired) electrons. The quantitative estimate of drug-likeness (QED) is 0.599. The molecule has 0 bridgehead atoms. The number of nitrogens with zero attached hydrogens (tertiary/aromatic N) is 2. The van der Waals surface area contributed by atoms with Crippen LogP contribution in [-0.2, 0) is 17.9 Å². The molecule has 1 N–H and O–H groups in total. The van der Waals surface area contributed by atoms with Gasteiger partial charge >= 0.3 is 0 Å². The Balaban J connectivity index is 1.86. The van der Waals surface area contributed by atoms with E-state index >= 15 is 0 Å². The van der Waals surface area contributed by atoms with Gasteiger partial charge in [-0.2, -0.15) is 0 Å². The summed E-state index contributed by atoms with van der Waals surface area (Å²) < 4.78 is 10.7. The maximum atomic E-state index is 13.1. The van der Waals surface area contributed by atoms with E-state index in [4.69, 9.17) is 9.47 Å². The Hall–Kier alpha value is -3.06. The van der Waals surface area contributed by atoms with Crippen molar-refractivity contribution in [1.82, 2.24) is 10.2 Å². The standard InChI is InChI=1S/C29H41N3O4/c1-21(2)31-15-9-7-6-8-10-16-32(22(3)33)26-13-12-24(18-25(26)20-31)29(34)30-19-23-11-14-27(35-4)28(17-23)36-5/h11-14,17-18,21H,6-10,15-16,19-20H2,1-5H3,(H,30,34). The molecule has 1 heterocycles. The molecule has 36 heavy (non-hydrogen) atoms. The van der Waals surface area contributed by atoms with Crippen LogP contribution in [0.5, 0.6) is 11.5 Å². The van der Waals surface area contributed by atoms with Gasteiger partial charge in [-0.05, 0) is 74.7 Å². The lowest BCUT2D eigenvalue weighted by atomic mass is 10.0. The second-order valence-electron chi connectivity index (χ2n) is 9.72. The number of hydrogen-bond acceptors (Lipinski definition) is 5. The summed E-state index contributed by atoms with van der Waals surface area (Å²) in [7, 11) is 3.19. The van der Waals surface area contributed by atoms with E-state index in [2.05, 4.69) is 24.1 Å². The molecule has 0 saturated heterocycles. The van der Waals surface area contributed by atoms with Gasteiger partial charge in [-0.25, -0.2) is 0 Å². The van der Waals surface area contributed by atoms with Crippen LogP contribution in [0.2, 0.25) is 0 Å². The molecular weight excluding hydrogens is 454 g/mol. The Kier molecular flexibility index (Phi) is 10.2. The van der Waals surface area contributed by atoms with Gasteiger partial charge in [0.05, 0.1) is 14.2 Å².